The van der Waals surface area contributed by atoms with E-state index in [1.165, 1.54) is 0 Å². The monoisotopic (exact) mass is 314 g/mol. The Hall–Kier alpha value is -2.33. The zero-order chi connectivity index (χ0) is 15.7. The van der Waals surface area contributed by atoms with Crippen LogP contribution in [0.5, 0.6) is 0 Å². The maximum Gasteiger partial charge on any atom is 0.255 e. The first kappa shape index (κ1) is 14.6. The number of nitrogens with one attached hydrogen (secondary N) is 2. The Balaban J connectivity index is 1.87. The molecule has 0 spiro atoms. The van der Waals surface area contributed by atoms with Crippen LogP contribution in [-0.4, -0.2) is 17.9 Å². The topological polar surface area (TPSA) is 58.2 Å². The number of carbonyl (C=O) groups is 2. The summed E-state index contributed by atoms with van der Waals surface area (Å²) in [7, 11) is 0. The SMILES string of the molecule is Cc1ccc(C[C@H]2NC(=O)c3c(Cl)cccc3NC2=O)cc1. The van der Waals surface area contributed by atoms with Gasteiger partial charge in [0.1, 0.15) is 6.04 Å². The summed E-state index contributed by atoms with van der Waals surface area (Å²) in [6, 6.07) is 12.3. The van der Waals surface area contributed by atoms with Crippen molar-refractivity contribution >= 4 is 29.1 Å². The smallest absolute Gasteiger partial charge is 0.255 e. The minimum atomic E-state index is -0.626. The molecule has 0 aromatic heterocycles. The van der Waals surface area contributed by atoms with Crippen LogP contribution in [0.15, 0.2) is 42.5 Å². The summed E-state index contributed by atoms with van der Waals surface area (Å²) in [6.45, 7) is 2.00. The van der Waals surface area contributed by atoms with Crippen LogP contribution in [0.3, 0.4) is 0 Å². The molecule has 0 radical (unpaired) electrons. The predicted octanol–water partition coefficient (Wildman–Crippen LogP) is 2.94. The van der Waals surface area contributed by atoms with Crippen LogP contribution < -0.4 is 10.6 Å². The molecule has 112 valence electrons. The lowest BCUT2D eigenvalue weighted by atomic mass is 10.0. The lowest BCUT2D eigenvalue weighted by Crippen LogP contribution is -2.42. The van der Waals surface area contributed by atoms with Crippen LogP contribution >= 0.6 is 11.6 Å². The van der Waals surface area contributed by atoms with E-state index in [4.69, 9.17) is 11.6 Å². The molecule has 0 aliphatic carbocycles. The quantitative estimate of drug-likeness (QED) is 0.895. The predicted molar refractivity (Wildman–Crippen MR) is 86.2 cm³/mol. The fourth-order valence-corrected chi connectivity index (χ4v) is 2.74. The van der Waals surface area contributed by atoms with E-state index in [1.54, 1.807) is 18.2 Å². The fraction of sp³-hybridized carbons (Fsp3) is 0.176. The van der Waals surface area contributed by atoms with Crippen LogP contribution in [0.2, 0.25) is 5.02 Å². The molecule has 3 rings (SSSR count). The van der Waals surface area contributed by atoms with Crippen LogP contribution in [0.1, 0.15) is 21.5 Å². The first-order valence-electron chi connectivity index (χ1n) is 7.00. The molecule has 0 fully saturated rings. The van der Waals surface area contributed by atoms with Gasteiger partial charge in [0.05, 0.1) is 16.3 Å². The molecule has 0 saturated heterocycles. The molecule has 1 atom stereocenters. The van der Waals surface area contributed by atoms with Crippen molar-refractivity contribution in [3.05, 3.63) is 64.2 Å². The summed E-state index contributed by atoms with van der Waals surface area (Å²) in [5.74, 6) is -0.578. The molecular weight excluding hydrogens is 300 g/mol. The van der Waals surface area contributed by atoms with Crippen molar-refractivity contribution in [3.63, 3.8) is 0 Å². The van der Waals surface area contributed by atoms with Gasteiger partial charge in [-0.25, -0.2) is 0 Å². The number of benzene rings is 2. The Morgan fingerprint density at radius 3 is 2.55 bits per heavy atom. The lowest BCUT2D eigenvalue weighted by Gasteiger charge is -2.14. The number of rotatable bonds is 2. The van der Waals surface area contributed by atoms with Crippen LogP contribution in [-0.2, 0) is 11.2 Å². The highest BCUT2D eigenvalue weighted by atomic mass is 35.5. The highest BCUT2D eigenvalue weighted by molar-refractivity contribution is 6.35. The third-order valence-corrected chi connectivity index (χ3v) is 4.00. The van der Waals surface area contributed by atoms with Crippen molar-refractivity contribution < 1.29 is 9.59 Å². The van der Waals surface area contributed by atoms with Crippen molar-refractivity contribution in [3.8, 4) is 0 Å². The maximum absolute atomic E-state index is 12.3. The van der Waals surface area contributed by atoms with Gasteiger partial charge < -0.3 is 10.6 Å². The molecule has 0 saturated carbocycles. The van der Waals surface area contributed by atoms with E-state index in [0.29, 0.717) is 22.7 Å². The van der Waals surface area contributed by atoms with Crippen molar-refractivity contribution in [2.45, 2.75) is 19.4 Å². The van der Waals surface area contributed by atoms with Gasteiger partial charge in [-0.2, -0.15) is 0 Å². The number of fused-ring (bicyclic) bond motifs is 1. The van der Waals surface area contributed by atoms with Crippen LogP contribution in [0.4, 0.5) is 5.69 Å². The number of carbonyl (C=O) groups excluding carboxylic acids is 2. The minimum Gasteiger partial charge on any atom is -0.340 e. The summed E-state index contributed by atoms with van der Waals surface area (Å²) in [5.41, 5.74) is 2.89. The minimum absolute atomic E-state index is 0.241. The number of halogens is 1. The zero-order valence-corrected chi connectivity index (χ0v) is 12.8. The van der Waals surface area contributed by atoms with Crippen molar-refractivity contribution in [2.75, 3.05) is 5.32 Å². The molecule has 1 aliphatic rings. The van der Waals surface area contributed by atoms with Crippen molar-refractivity contribution in [1.29, 1.82) is 0 Å². The van der Waals surface area contributed by atoms with E-state index in [1.807, 2.05) is 31.2 Å². The van der Waals surface area contributed by atoms with E-state index in [-0.39, 0.29) is 11.8 Å². The van der Waals surface area contributed by atoms with Gasteiger partial charge in [0.25, 0.3) is 5.91 Å². The highest BCUT2D eigenvalue weighted by Gasteiger charge is 2.29. The van der Waals surface area contributed by atoms with Gasteiger partial charge in [-0.1, -0.05) is 47.5 Å². The molecule has 1 aliphatic heterocycles. The van der Waals surface area contributed by atoms with Gasteiger partial charge in [-0.05, 0) is 24.6 Å². The van der Waals surface area contributed by atoms with E-state index in [9.17, 15) is 9.59 Å². The lowest BCUT2D eigenvalue weighted by molar-refractivity contribution is -0.117. The molecule has 0 bridgehead atoms. The normalized spacial score (nSPS) is 17.3. The van der Waals surface area contributed by atoms with Crippen molar-refractivity contribution in [2.24, 2.45) is 0 Å². The van der Waals surface area contributed by atoms with Crippen molar-refractivity contribution in [1.82, 2.24) is 5.32 Å². The first-order chi connectivity index (χ1) is 10.5. The van der Waals surface area contributed by atoms with E-state index < -0.39 is 6.04 Å². The summed E-state index contributed by atoms with van der Waals surface area (Å²) in [4.78, 5) is 24.7. The Morgan fingerprint density at radius 1 is 1.09 bits per heavy atom. The van der Waals surface area contributed by atoms with Gasteiger partial charge in [0.15, 0.2) is 0 Å². The first-order valence-corrected chi connectivity index (χ1v) is 7.38. The molecule has 2 amide bonds. The maximum atomic E-state index is 12.3. The molecule has 2 N–H and O–H groups in total. The fourth-order valence-electron chi connectivity index (χ4n) is 2.48. The van der Waals surface area contributed by atoms with E-state index in [0.717, 1.165) is 11.1 Å². The number of hydrogen-bond donors (Lipinski definition) is 2. The van der Waals surface area contributed by atoms with E-state index in [2.05, 4.69) is 10.6 Å². The highest BCUT2D eigenvalue weighted by Crippen LogP contribution is 2.26. The molecule has 22 heavy (non-hydrogen) atoms. The molecule has 1 heterocycles. The van der Waals surface area contributed by atoms with Gasteiger partial charge in [-0.15, -0.1) is 0 Å². The molecule has 0 unspecified atom stereocenters. The molecule has 2 aromatic carbocycles. The average molecular weight is 315 g/mol. The number of anilines is 1. The second-order valence-corrected chi connectivity index (χ2v) is 5.77. The zero-order valence-electron chi connectivity index (χ0n) is 12.0. The molecular formula is C17H15ClN2O2. The summed E-state index contributed by atoms with van der Waals surface area (Å²) < 4.78 is 0. The Morgan fingerprint density at radius 2 is 1.82 bits per heavy atom. The number of aryl methyl sites for hydroxylation is 1. The second kappa shape index (κ2) is 5.81. The van der Waals surface area contributed by atoms with Gasteiger partial charge in [-0.3, -0.25) is 9.59 Å². The molecule has 2 aromatic rings. The number of amides is 2. The second-order valence-electron chi connectivity index (χ2n) is 5.37. The third-order valence-electron chi connectivity index (χ3n) is 3.68. The van der Waals surface area contributed by atoms with E-state index >= 15 is 0 Å². The standard InChI is InChI=1S/C17H15ClN2O2/c1-10-5-7-11(8-6-10)9-14-16(21)19-13-4-2-3-12(18)15(13)17(22)20-14/h2-8,14H,9H2,1H3,(H,19,21)(H,20,22)/t14-/m1/s1. The number of hydrogen-bond acceptors (Lipinski definition) is 2. The van der Waals surface area contributed by atoms with Gasteiger partial charge in [0, 0.05) is 6.42 Å². The van der Waals surface area contributed by atoms with Crippen LogP contribution in [0, 0.1) is 6.92 Å². The van der Waals surface area contributed by atoms with Gasteiger partial charge in [0.2, 0.25) is 5.91 Å². The summed E-state index contributed by atoms with van der Waals surface area (Å²) in [5, 5.41) is 5.85. The summed E-state index contributed by atoms with van der Waals surface area (Å²) in [6.07, 6.45) is 0.434. The largest absolute Gasteiger partial charge is 0.340 e. The van der Waals surface area contributed by atoms with Gasteiger partial charge >= 0.3 is 0 Å². The summed E-state index contributed by atoms with van der Waals surface area (Å²) >= 11 is 6.07. The Labute approximate surface area is 133 Å². The molecule has 5 heteroatoms. The van der Waals surface area contributed by atoms with Crippen LogP contribution in [0.25, 0.3) is 0 Å². The Bertz CT molecular complexity index is 741. The third kappa shape index (κ3) is 2.83. The average Bonchev–Trinajstić information content (AvgIpc) is 2.59. The Kier molecular flexibility index (Phi) is 3.86. The molecule has 4 nitrogen and oxygen atoms in total.